The van der Waals surface area contributed by atoms with Gasteiger partial charge in [-0.25, -0.2) is 0 Å². The van der Waals surface area contributed by atoms with Crippen molar-refractivity contribution in [3.05, 3.63) is 52.7 Å². The second-order valence-corrected chi connectivity index (χ2v) is 6.20. The molecule has 3 aromatic rings. The van der Waals surface area contributed by atoms with Gasteiger partial charge in [0.05, 0.1) is 5.56 Å². The average molecular weight is 301 g/mol. The molecule has 0 bridgehead atoms. The van der Waals surface area contributed by atoms with Gasteiger partial charge in [0, 0.05) is 11.4 Å². The Morgan fingerprint density at radius 2 is 1.95 bits per heavy atom. The summed E-state index contributed by atoms with van der Waals surface area (Å²) in [5, 5.41) is 6.61. The number of nitrogens with one attached hydrogen (secondary N) is 1. The van der Waals surface area contributed by atoms with Crippen LogP contribution >= 0.6 is 22.9 Å². The summed E-state index contributed by atoms with van der Waals surface area (Å²) < 4.78 is 4.27. The molecule has 0 aliphatic heterocycles. The van der Waals surface area contributed by atoms with Crippen LogP contribution in [0.5, 0.6) is 0 Å². The lowest BCUT2D eigenvalue weighted by molar-refractivity contribution is 1.05. The molecule has 0 fully saturated rings. The third-order valence-corrected chi connectivity index (χ3v) is 4.77. The van der Waals surface area contributed by atoms with Crippen molar-refractivity contribution in [2.45, 2.75) is 6.42 Å². The van der Waals surface area contributed by atoms with E-state index >= 15 is 0 Å². The number of hydrogen-bond donors (Lipinski definition) is 2. The number of aromatic nitrogens is 1. The summed E-state index contributed by atoms with van der Waals surface area (Å²) in [7, 11) is 0. The molecule has 0 amide bonds. The standard InChI is InChI=1S/C15H15N3S2/c16-14-13(11-5-2-1-3-6-11)15(20-18-14)17-9-8-12-7-4-10-19-12/h1-7,10,17H,8-9H2,(H2,16,18). The quantitative estimate of drug-likeness (QED) is 0.745. The lowest BCUT2D eigenvalue weighted by atomic mass is 10.1. The number of anilines is 2. The fourth-order valence-electron chi connectivity index (χ4n) is 2.06. The molecule has 20 heavy (non-hydrogen) atoms. The molecule has 0 radical (unpaired) electrons. The molecule has 2 heterocycles. The molecule has 5 heteroatoms. The van der Waals surface area contributed by atoms with Crippen LogP contribution in [0.15, 0.2) is 47.8 Å². The maximum Gasteiger partial charge on any atom is 0.147 e. The van der Waals surface area contributed by atoms with Crippen molar-refractivity contribution >= 4 is 33.7 Å². The normalized spacial score (nSPS) is 10.6. The molecule has 0 aliphatic rings. The van der Waals surface area contributed by atoms with Gasteiger partial charge in [-0.2, -0.15) is 4.37 Å². The monoisotopic (exact) mass is 301 g/mol. The van der Waals surface area contributed by atoms with Crippen LogP contribution in [0.4, 0.5) is 10.8 Å². The number of hydrogen-bond acceptors (Lipinski definition) is 5. The van der Waals surface area contributed by atoms with Gasteiger partial charge in [0.1, 0.15) is 10.8 Å². The number of nitrogens with zero attached hydrogens (tertiary/aromatic N) is 1. The van der Waals surface area contributed by atoms with Crippen molar-refractivity contribution in [2.24, 2.45) is 0 Å². The summed E-state index contributed by atoms with van der Waals surface area (Å²) in [5.41, 5.74) is 8.13. The first-order valence-electron chi connectivity index (χ1n) is 6.41. The molecule has 3 nitrogen and oxygen atoms in total. The van der Waals surface area contributed by atoms with Crippen LogP contribution in [-0.4, -0.2) is 10.9 Å². The van der Waals surface area contributed by atoms with E-state index < -0.39 is 0 Å². The number of thiophene rings is 1. The number of rotatable bonds is 5. The Hall–Kier alpha value is -1.85. The Morgan fingerprint density at radius 3 is 2.70 bits per heavy atom. The van der Waals surface area contributed by atoms with E-state index in [0.29, 0.717) is 5.82 Å². The fourth-order valence-corrected chi connectivity index (χ4v) is 3.53. The van der Waals surface area contributed by atoms with Crippen molar-refractivity contribution in [3.63, 3.8) is 0 Å². The maximum absolute atomic E-state index is 6.00. The van der Waals surface area contributed by atoms with Crippen LogP contribution in [0.1, 0.15) is 4.88 Å². The summed E-state index contributed by atoms with van der Waals surface area (Å²) >= 11 is 3.21. The second-order valence-electron chi connectivity index (χ2n) is 4.39. The fraction of sp³-hybridized carbons (Fsp3) is 0.133. The van der Waals surface area contributed by atoms with Gasteiger partial charge in [0.15, 0.2) is 0 Å². The highest BCUT2D eigenvalue weighted by Crippen LogP contribution is 2.36. The van der Waals surface area contributed by atoms with Crippen LogP contribution < -0.4 is 11.1 Å². The molecule has 0 atom stereocenters. The zero-order chi connectivity index (χ0) is 13.8. The van der Waals surface area contributed by atoms with Gasteiger partial charge in [0.2, 0.25) is 0 Å². The summed E-state index contributed by atoms with van der Waals surface area (Å²) in [5.74, 6) is 0.597. The average Bonchev–Trinajstić information content (AvgIpc) is 3.10. The van der Waals surface area contributed by atoms with Crippen molar-refractivity contribution in [2.75, 3.05) is 17.6 Å². The molecule has 1 aromatic carbocycles. The van der Waals surface area contributed by atoms with E-state index in [2.05, 4.69) is 39.3 Å². The Morgan fingerprint density at radius 1 is 1.10 bits per heavy atom. The number of nitrogen functional groups attached to an aromatic ring is 1. The van der Waals surface area contributed by atoms with Crippen LogP contribution in [0, 0.1) is 0 Å². The van der Waals surface area contributed by atoms with Crippen molar-refractivity contribution in [1.29, 1.82) is 0 Å². The lowest BCUT2D eigenvalue weighted by Gasteiger charge is -2.06. The summed E-state index contributed by atoms with van der Waals surface area (Å²) in [6.07, 6.45) is 1.02. The van der Waals surface area contributed by atoms with Crippen LogP contribution in [0.25, 0.3) is 11.1 Å². The van der Waals surface area contributed by atoms with Gasteiger partial charge < -0.3 is 11.1 Å². The molecule has 102 valence electrons. The van der Waals surface area contributed by atoms with E-state index in [-0.39, 0.29) is 0 Å². The second kappa shape index (κ2) is 6.07. The van der Waals surface area contributed by atoms with Gasteiger partial charge in [-0.05, 0) is 35.0 Å². The minimum absolute atomic E-state index is 0.597. The van der Waals surface area contributed by atoms with E-state index in [1.807, 2.05) is 18.2 Å². The minimum atomic E-state index is 0.597. The zero-order valence-electron chi connectivity index (χ0n) is 10.9. The van der Waals surface area contributed by atoms with Crippen LogP contribution in [0.3, 0.4) is 0 Å². The topological polar surface area (TPSA) is 50.9 Å². The Bertz CT molecular complexity index is 660. The molecular weight excluding hydrogens is 286 g/mol. The minimum Gasteiger partial charge on any atom is -0.382 e. The predicted molar refractivity (Wildman–Crippen MR) is 88.5 cm³/mol. The zero-order valence-corrected chi connectivity index (χ0v) is 12.5. The molecular formula is C15H15N3S2. The van der Waals surface area contributed by atoms with E-state index in [4.69, 9.17) is 5.73 Å². The highest BCUT2D eigenvalue weighted by Gasteiger charge is 2.12. The Labute approximate surface area is 126 Å². The number of benzene rings is 1. The Kier molecular flexibility index (Phi) is 3.99. The van der Waals surface area contributed by atoms with Gasteiger partial charge >= 0.3 is 0 Å². The van der Waals surface area contributed by atoms with E-state index in [9.17, 15) is 0 Å². The van der Waals surface area contributed by atoms with Gasteiger partial charge in [-0.15, -0.1) is 11.3 Å². The van der Waals surface area contributed by atoms with Crippen LogP contribution in [0.2, 0.25) is 0 Å². The predicted octanol–water partition coefficient (Wildman–Crippen LogP) is 4.11. The van der Waals surface area contributed by atoms with Crippen molar-refractivity contribution in [3.8, 4) is 11.1 Å². The molecule has 0 aliphatic carbocycles. The molecule has 0 saturated heterocycles. The third kappa shape index (κ3) is 2.84. The molecule has 3 rings (SSSR count). The van der Waals surface area contributed by atoms with Crippen LogP contribution in [-0.2, 0) is 6.42 Å². The van der Waals surface area contributed by atoms with Gasteiger partial charge in [-0.3, -0.25) is 0 Å². The molecule has 0 spiro atoms. The third-order valence-electron chi connectivity index (χ3n) is 3.02. The highest BCUT2D eigenvalue weighted by atomic mass is 32.1. The van der Waals surface area contributed by atoms with E-state index in [1.165, 1.54) is 16.4 Å². The SMILES string of the molecule is Nc1nsc(NCCc2cccs2)c1-c1ccccc1. The smallest absolute Gasteiger partial charge is 0.147 e. The lowest BCUT2D eigenvalue weighted by Crippen LogP contribution is -2.03. The summed E-state index contributed by atoms with van der Waals surface area (Å²) in [6.45, 7) is 0.891. The molecule has 2 aromatic heterocycles. The summed E-state index contributed by atoms with van der Waals surface area (Å²) in [4.78, 5) is 1.39. The molecule has 3 N–H and O–H groups in total. The highest BCUT2D eigenvalue weighted by molar-refractivity contribution is 7.11. The van der Waals surface area contributed by atoms with Crippen molar-refractivity contribution in [1.82, 2.24) is 4.37 Å². The van der Waals surface area contributed by atoms with Crippen molar-refractivity contribution < 1.29 is 0 Å². The van der Waals surface area contributed by atoms with E-state index in [0.717, 1.165) is 29.1 Å². The summed E-state index contributed by atoms with van der Waals surface area (Å²) in [6, 6.07) is 14.4. The first kappa shape index (κ1) is 13.1. The van der Waals surface area contributed by atoms with E-state index in [1.54, 1.807) is 11.3 Å². The Balaban J connectivity index is 1.74. The maximum atomic E-state index is 6.00. The van der Waals surface area contributed by atoms with Gasteiger partial charge in [-0.1, -0.05) is 36.4 Å². The molecule has 0 unspecified atom stereocenters. The molecule has 0 saturated carbocycles. The van der Waals surface area contributed by atoms with Gasteiger partial charge in [0.25, 0.3) is 0 Å². The largest absolute Gasteiger partial charge is 0.382 e. The number of nitrogens with two attached hydrogens (primary N) is 1. The first-order valence-corrected chi connectivity index (χ1v) is 8.06. The first-order chi connectivity index (χ1) is 9.84.